The average molecular weight is 441 g/mol. The molecule has 1 atom stereocenters. The third-order valence-corrected chi connectivity index (χ3v) is 5.84. The van der Waals surface area contributed by atoms with Crippen LogP contribution >= 0.6 is 15.9 Å². The Bertz CT molecular complexity index is 915. The molecule has 7 nitrogen and oxygen atoms in total. The van der Waals surface area contributed by atoms with Crippen LogP contribution in [-0.2, 0) is 21.4 Å². The van der Waals surface area contributed by atoms with Crippen LogP contribution in [-0.4, -0.2) is 27.2 Å². The molecule has 1 amide bonds. The first-order chi connectivity index (χ1) is 12.3. The van der Waals surface area contributed by atoms with Gasteiger partial charge in [-0.25, -0.2) is 8.42 Å². The van der Waals surface area contributed by atoms with Gasteiger partial charge in [0.2, 0.25) is 22.7 Å². The van der Waals surface area contributed by atoms with Crippen LogP contribution in [0.4, 0.5) is 0 Å². The van der Waals surface area contributed by atoms with Crippen molar-refractivity contribution in [3.05, 3.63) is 52.5 Å². The lowest BCUT2D eigenvalue weighted by atomic mass is 10.2. The van der Waals surface area contributed by atoms with Gasteiger partial charge in [-0.2, -0.15) is 4.72 Å². The molecule has 2 aromatic rings. The Labute approximate surface area is 159 Å². The van der Waals surface area contributed by atoms with E-state index in [0.29, 0.717) is 11.5 Å². The zero-order chi connectivity index (χ0) is 18.7. The summed E-state index contributed by atoms with van der Waals surface area (Å²) in [6, 6.07) is 10.6. The molecule has 1 aliphatic rings. The maximum atomic E-state index is 12.3. The summed E-state index contributed by atoms with van der Waals surface area (Å²) in [6.45, 7) is 1.92. The number of hydrogen-bond donors (Lipinski definition) is 2. The van der Waals surface area contributed by atoms with Crippen LogP contribution in [0.3, 0.4) is 0 Å². The maximum Gasteiger partial charge on any atom is 0.241 e. The number of hydrogen-bond acceptors (Lipinski definition) is 5. The van der Waals surface area contributed by atoms with E-state index in [1.54, 1.807) is 24.3 Å². The number of nitrogens with one attached hydrogen (secondary N) is 2. The Kier molecular flexibility index (Phi) is 5.49. The normalized spacial score (nSPS) is 14.1. The van der Waals surface area contributed by atoms with Crippen molar-refractivity contribution in [2.45, 2.75) is 24.4 Å². The van der Waals surface area contributed by atoms with Gasteiger partial charge in [-0.1, -0.05) is 22.0 Å². The Hall–Kier alpha value is -2.10. The Morgan fingerprint density at radius 2 is 1.85 bits per heavy atom. The van der Waals surface area contributed by atoms with E-state index in [2.05, 4.69) is 26.0 Å². The third-order valence-electron chi connectivity index (χ3n) is 3.75. The smallest absolute Gasteiger partial charge is 0.241 e. The quantitative estimate of drug-likeness (QED) is 0.717. The van der Waals surface area contributed by atoms with E-state index in [0.717, 1.165) is 10.0 Å². The molecule has 1 heterocycles. The minimum atomic E-state index is -3.78. The molecule has 1 aliphatic heterocycles. The summed E-state index contributed by atoms with van der Waals surface area (Å²) in [5.41, 5.74) is 0.825. The number of ether oxygens (including phenoxy) is 2. The van der Waals surface area contributed by atoms with Crippen molar-refractivity contribution in [3.63, 3.8) is 0 Å². The number of halogens is 1. The van der Waals surface area contributed by atoms with Crippen LogP contribution in [0.1, 0.15) is 12.5 Å². The van der Waals surface area contributed by atoms with Crippen LogP contribution < -0.4 is 19.5 Å². The Morgan fingerprint density at radius 1 is 1.15 bits per heavy atom. The molecule has 0 aromatic heterocycles. The fourth-order valence-corrected chi connectivity index (χ4v) is 3.83. The molecular weight excluding hydrogens is 424 g/mol. The minimum Gasteiger partial charge on any atom is -0.454 e. The van der Waals surface area contributed by atoms with E-state index in [9.17, 15) is 13.2 Å². The Balaban J connectivity index is 1.58. The van der Waals surface area contributed by atoms with Gasteiger partial charge in [-0.3, -0.25) is 4.79 Å². The van der Waals surface area contributed by atoms with Crippen molar-refractivity contribution in [2.24, 2.45) is 0 Å². The molecule has 0 saturated heterocycles. The molecule has 2 aromatic carbocycles. The fourth-order valence-electron chi connectivity index (χ4n) is 2.36. The number of carbonyl (C=O) groups excluding carboxylic acids is 1. The van der Waals surface area contributed by atoms with E-state index < -0.39 is 22.0 Å². The van der Waals surface area contributed by atoms with Crippen molar-refractivity contribution >= 4 is 31.9 Å². The molecule has 0 saturated carbocycles. The highest BCUT2D eigenvalue weighted by Crippen LogP contribution is 2.32. The van der Waals surface area contributed by atoms with Crippen molar-refractivity contribution < 1.29 is 22.7 Å². The summed E-state index contributed by atoms with van der Waals surface area (Å²) in [6.07, 6.45) is 0. The molecule has 26 heavy (non-hydrogen) atoms. The summed E-state index contributed by atoms with van der Waals surface area (Å²) >= 11 is 3.25. The van der Waals surface area contributed by atoms with Crippen molar-refractivity contribution in [1.82, 2.24) is 10.0 Å². The van der Waals surface area contributed by atoms with Crippen molar-refractivity contribution in [1.29, 1.82) is 0 Å². The number of sulfonamides is 1. The van der Waals surface area contributed by atoms with Crippen LogP contribution in [0.2, 0.25) is 0 Å². The van der Waals surface area contributed by atoms with Gasteiger partial charge >= 0.3 is 0 Å². The van der Waals surface area contributed by atoms with Crippen molar-refractivity contribution in [3.8, 4) is 11.5 Å². The van der Waals surface area contributed by atoms with Gasteiger partial charge in [0, 0.05) is 11.0 Å². The summed E-state index contributed by atoms with van der Waals surface area (Å²) in [5, 5.41) is 2.70. The summed E-state index contributed by atoms with van der Waals surface area (Å²) < 4.78 is 38.3. The predicted octanol–water partition coefficient (Wildman–Crippen LogP) is 2.16. The monoisotopic (exact) mass is 440 g/mol. The van der Waals surface area contributed by atoms with E-state index in [4.69, 9.17) is 9.47 Å². The molecule has 0 radical (unpaired) electrons. The zero-order valence-corrected chi connectivity index (χ0v) is 16.3. The van der Waals surface area contributed by atoms with Crippen LogP contribution in [0.5, 0.6) is 11.5 Å². The number of carbonyl (C=O) groups is 1. The summed E-state index contributed by atoms with van der Waals surface area (Å²) in [5.74, 6) is 0.861. The summed E-state index contributed by atoms with van der Waals surface area (Å²) in [7, 11) is -3.78. The van der Waals surface area contributed by atoms with Gasteiger partial charge in [0.15, 0.2) is 11.5 Å². The number of amides is 1. The van der Waals surface area contributed by atoms with Crippen molar-refractivity contribution in [2.75, 3.05) is 6.79 Å². The summed E-state index contributed by atoms with van der Waals surface area (Å²) in [4.78, 5) is 12.3. The van der Waals surface area contributed by atoms with Crippen LogP contribution in [0, 0.1) is 0 Å². The highest BCUT2D eigenvalue weighted by molar-refractivity contribution is 9.10. The predicted molar refractivity (Wildman–Crippen MR) is 98.3 cm³/mol. The standard InChI is InChI=1S/C17H17BrN2O5S/c1-11(20-26(22,23)14-5-3-13(18)4-6-14)17(21)19-9-12-2-7-15-16(8-12)25-10-24-15/h2-8,11,20H,9-10H2,1H3,(H,19,21)/t11-/m1/s1. The molecule has 138 valence electrons. The van der Waals surface area contributed by atoms with Gasteiger partial charge in [0.1, 0.15) is 0 Å². The molecule has 0 spiro atoms. The fraction of sp³-hybridized carbons (Fsp3) is 0.235. The first-order valence-corrected chi connectivity index (χ1v) is 10.1. The molecule has 9 heteroatoms. The lowest BCUT2D eigenvalue weighted by molar-refractivity contribution is -0.122. The average Bonchev–Trinajstić information content (AvgIpc) is 3.07. The van der Waals surface area contributed by atoms with Gasteiger partial charge in [0.25, 0.3) is 0 Å². The second-order valence-corrected chi connectivity index (χ2v) is 8.33. The second kappa shape index (κ2) is 7.65. The van der Waals surface area contributed by atoms with Gasteiger partial charge in [-0.15, -0.1) is 0 Å². The Morgan fingerprint density at radius 3 is 2.58 bits per heavy atom. The molecule has 0 aliphatic carbocycles. The lowest BCUT2D eigenvalue weighted by Gasteiger charge is -2.14. The van der Waals surface area contributed by atoms with E-state index in [1.807, 2.05) is 6.07 Å². The number of fused-ring (bicyclic) bond motifs is 1. The highest BCUT2D eigenvalue weighted by atomic mass is 79.9. The topological polar surface area (TPSA) is 93.7 Å². The maximum absolute atomic E-state index is 12.3. The molecule has 0 fully saturated rings. The molecule has 0 bridgehead atoms. The zero-order valence-electron chi connectivity index (χ0n) is 13.9. The van der Waals surface area contributed by atoms with Gasteiger partial charge in [-0.05, 0) is 48.9 Å². The van der Waals surface area contributed by atoms with E-state index in [1.165, 1.54) is 19.1 Å². The van der Waals surface area contributed by atoms with E-state index in [-0.39, 0.29) is 18.2 Å². The number of rotatable bonds is 6. The van der Waals surface area contributed by atoms with Gasteiger partial charge < -0.3 is 14.8 Å². The molecule has 3 rings (SSSR count). The van der Waals surface area contributed by atoms with Gasteiger partial charge in [0.05, 0.1) is 10.9 Å². The molecule has 2 N–H and O–H groups in total. The third kappa shape index (κ3) is 4.35. The first kappa shape index (κ1) is 18.7. The molecular formula is C17H17BrN2O5S. The highest BCUT2D eigenvalue weighted by Gasteiger charge is 2.22. The van der Waals surface area contributed by atoms with Crippen LogP contribution in [0.25, 0.3) is 0 Å². The van der Waals surface area contributed by atoms with E-state index >= 15 is 0 Å². The second-order valence-electron chi connectivity index (χ2n) is 5.70. The SMILES string of the molecule is C[C@@H](NS(=O)(=O)c1ccc(Br)cc1)C(=O)NCc1ccc2c(c1)OCO2. The van der Waals surface area contributed by atoms with Crippen LogP contribution in [0.15, 0.2) is 51.8 Å². The molecule has 0 unspecified atom stereocenters. The number of benzene rings is 2. The minimum absolute atomic E-state index is 0.0936. The largest absolute Gasteiger partial charge is 0.454 e. The lowest BCUT2D eigenvalue weighted by Crippen LogP contribution is -2.44. The first-order valence-electron chi connectivity index (χ1n) is 7.79.